The van der Waals surface area contributed by atoms with Gasteiger partial charge < -0.3 is 9.47 Å². The van der Waals surface area contributed by atoms with Crippen molar-refractivity contribution in [2.75, 3.05) is 6.61 Å². The Morgan fingerprint density at radius 2 is 2.32 bits per heavy atom. The molecule has 3 fully saturated rings. The largest absolute Gasteiger partial charge is 0.465 e. The van der Waals surface area contributed by atoms with Crippen molar-refractivity contribution in [1.82, 2.24) is 0 Å². The minimum atomic E-state index is -0.232. The highest BCUT2D eigenvalue weighted by Gasteiger charge is 2.62. The smallest absolute Gasteiger partial charge is 0.312 e. The molecule has 4 nitrogen and oxygen atoms in total. The molecule has 1 saturated heterocycles. The summed E-state index contributed by atoms with van der Waals surface area (Å²) in [5.74, 6) is 0.616. The average Bonchev–Trinajstić information content (AvgIpc) is 3.05. The van der Waals surface area contributed by atoms with Crippen molar-refractivity contribution >= 4 is 11.9 Å². The molecule has 5 atom stereocenters. The van der Waals surface area contributed by atoms with E-state index in [1.807, 2.05) is 13.8 Å². The number of cyclic esters (lactones) is 1. The minimum Gasteiger partial charge on any atom is -0.465 e. The van der Waals surface area contributed by atoms with E-state index < -0.39 is 0 Å². The maximum atomic E-state index is 11.9. The Labute approximate surface area is 113 Å². The Hall–Kier alpha value is -1.06. The zero-order chi connectivity index (χ0) is 13.6. The summed E-state index contributed by atoms with van der Waals surface area (Å²) in [6.07, 6.45) is 4.44. The van der Waals surface area contributed by atoms with Gasteiger partial charge in [-0.1, -0.05) is 13.8 Å². The van der Waals surface area contributed by atoms with Gasteiger partial charge in [-0.25, -0.2) is 0 Å². The van der Waals surface area contributed by atoms with Crippen molar-refractivity contribution in [3.63, 3.8) is 0 Å². The number of carbonyl (C=O) groups excluding carboxylic acids is 2. The Morgan fingerprint density at radius 1 is 1.53 bits per heavy atom. The van der Waals surface area contributed by atoms with Crippen molar-refractivity contribution in [3.05, 3.63) is 0 Å². The maximum Gasteiger partial charge on any atom is 0.312 e. The molecule has 106 valence electrons. The van der Waals surface area contributed by atoms with Crippen LogP contribution in [0.15, 0.2) is 0 Å². The van der Waals surface area contributed by atoms with Crippen LogP contribution in [0.4, 0.5) is 0 Å². The summed E-state index contributed by atoms with van der Waals surface area (Å²) in [6.45, 7) is 4.47. The van der Waals surface area contributed by atoms with Crippen LogP contribution in [0, 0.1) is 23.2 Å². The van der Waals surface area contributed by atoms with E-state index in [1.165, 1.54) is 0 Å². The number of carbonyl (C=O) groups is 2. The van der Waals surface area contributed by atoms with Gasteiger partial charge >= 0.3 is 11.9 Å². The Kier molecular flexibility index (Phi) is 3.06. The molecule has 19 heavy (non-hydrogen) atoms. The topological polar surface area (TPSA) is 52.6 Å². The number of rotatable bonds is 3. The summed E-state index contributed by atoms with van der Waals surface area (Å²) in [5.41, 5.74) is -0.232. The molecule has 1 spiro atoms. The number of ether oxygens (including phenoxy) is 2. The number of fused-ring (bicyclic) bond motifs is 3. The standard InChI is InChI=1S/C15H22O4/c1-3-9(2)13(16)19-12-7-11-6-10(12)8-15(11)4-5-18-14(15)17/h9-12H,3-8H2,1-2H3. The Morgan fingerprint density at radius 3 is 2.84 bits per heavy atom. The van der Waals surface area contributed by atoms with Crippen LogP contribution < -0.4 is 0 Å². The van der Waals surface area contributed by atoms with Crippen LogP contribution in [0.1, 0.15) is 46.0 Å². The molecule has 5 unspecified atom stereocenters. The minimum absolute atomic E-state index is 0.00768. The normalized spacial score (nSPS) is 41.6. The fourth-order valence-corrected chi connectivity index (χ4v) is 4.09. The second kappa shape index (κ2) is 4.50. The molecule has 2 aliphatic carbocycles. The van der Waals surface area contributed by atoms with Crippen molar-refractivity contribution in [1.29, 1.82) is 0 Å². The lowest BCUT2D eigenvalue weighted by Crippen LogP contribution is -2.38. The van der Waals surface area contributed by atoms with E-state index in [1.54, 1.807) is 0 Å². The average molecular weight is 266 g/mol. The summed E-state index contributed by atoms with van der Waals surface area (Å²) in [6, 6.07) is 0. The predicted octanol–water partition coefficient (Wildman–Crippen LogP) is 2.31. The molecule has 3 rings (SSSR count). The molecular formula is C15H22O4. The van der Waals surface area contributed by atoms with Crippen molar-refractivity contribution in [2.24, 2.45) is 23.2 Å². The summed E-state index contributed by atoms with van der Waals surface area (Å²) >= 11 is 0. The van der Waals surface area contributed by atoms with Gasteiger partial charge in [0.05, 0.1) is 17.9 Å². The van der Waals surface area contributed by atoms with Crippen molar-refractivity contribution < 1.29 is 19.1 Å². The molecule has 0 aromatic rings. The van der Waals surface area contributed by atoms with E-state index in [2.05, 4.69) is 0 Å². The lowest BCUT2D eigenvalue weighted by Gasteiger charge is -2.33. The van der Waals surface area contributed by atoms with Gasteiger partial charge in [-0.15, -0.1) is 0 Å². The third kappa shape index (κ3) is 1.87. The van der Waals surface area contributed by atoms with Crippen LogP contribution in [-0.2, 0) is 19.1 Å². The van der Waals surface area contributed by atoms with Crippen LogP contribution >= 0.6 is 0 Å². The lowest BCUT2D eigenvalue weighted by atomic mass is 9.71. The summed E-state index contributed by atoms with van der Waals surface area (Å²) in [5, 5.41) is 0. The summed E-state index contributed by atoms with van der Waals surface area (Å²) in [4.78, 5) is 23.8. The van der Waals surface area contributed by atoms with E-state index in [0.29, 0.717) is 18.4 Å². The first kappa shape index (κ1) is 12.9. The molecule has 4 heteroatoms. The van der Waals surface area contributed by atoms with Gasteiger partial charge in [0.2, 0.25) is 0 Å². The van der Waals surface area contributed by atoms with Gasteiger partial charge in [0, 0.05) is 0 Å². The van der Waals surface area contributed by atoms with Crippen LogP contribution in [-0.4, -0.2) is 24.6 Å². The molecule has 2 saturated carbocycles. The van der Waals surface area contributed by atoms with Crippen molar-refractivity contribution in [2.45, 2.75) is 52.1 Å². The molecule has 3 aliphatic rings. The van der Waals surface area contributed by atoms with Crippen LogP contribution in [0.3, 0.4) is 0 Å². The van der Waals surface area contributed by atoms with E-state index in [0.717, 1.165) is 32.1 Å². The van der Waals surface area contributed by atoms with E-state index in [-0.39, 0.29) is 29.4 Å². The van der Waals surface area contributed by atoms with Crippen LogP contribution in [0.25, 0.3) is 0 Å². The lowest BCUT2D eigenvalue weighted by molar-refractivity contribution is -0.159. The first-order valence-corrected chi connectivity index (χ1v) is 7.44. The molecule has 2 bridgehead atoms. The fraction of sp³-hybridized carbons (Fsp3) is 0.867. The molecular weight excluding hydrogens is 244 g/mol. The van der Waals surface area contributed by atoms with Gasteiger partial charge in [0.25, 0.3) is 0 Å². The molecule has 1 aliphatic heterocycles. The SMILES string of the molecule is CCC(C)C(=O)OC1CC2CC1CC21CCOC1=O. The third-order valence-electron chi connectivity index (χ3n) is 5.51. The molecule has 0 amide bonds. The highest BCUT2D eigenvalue weighted by atomic mass is 16.5. The second-order valence-corrected chi connectivity index (χ2v) is 6.46. The highest BCUT2D eigenvalue weighted by Crippen LogP contribution is 2.60. The number of hydrogen-bond donors (Lipinski definition) is 0. The summed E-state index contributed by atoms with van der Waals surface area (Å²) in [7, 11) is 0. The molecule has 0 aromatic carbocycles. The molecule has 0 radical (unpaired) electrons. The molecule has 0 aromatic heterocycles. The van der Waals surface area contributed by atoms with Crippen LogP contribution in [0.5, 0.6) is 0 Å². The van der Waals surface area contributed by atoms with Gasteiger partial charge in [0.1, 0.15) is 6.10 Å². The van der Waals surface area contributed by atoms with Gasteiger partial charge in [0.15, 0.2) is 0 Å². The molecule has 0 N–H and O–H groups in total. The van der Waals surface area contributed by atoms with Crippen molar-refractivity contribution in [3.8, 4) is 0 Å². The first-order chi connectivity index (χ1) is 9.06. The van der Waals surface area contributed by atoms with E-state index in [4.69, 9.17) is 9.47 Å². The monoisotopic (exact) mass is 266 g/mol. The predicted molar refractivity (Wildman–Crippen MR) is 68.2 cm³/mol. The zero-order valence-corrected chi connectivity index (χ0v) is 11.7. The van der Waals surface area contributed by atoms with E-state index >= 15 is 0 Å². The van der Waals surface area contributed by atoms with E-state index in [9.17, 15) is 9.59 Å². The van der Waals surface area contributed by atoms with Crippen LogP contribution in [0.2, 0.25) is 0 Å². The number of esters is 2. The van der Waals surface area contributed by atoms with Gasteiger partial charge in [-0.2, -0.15) is 0 Å². The fourth-order valence-electron chi connectivity index (χ4n) is 4.09. The highest BCUT2D eigenvalue weighted by molar-refractivity contribution is 5.80. The van der Waals surface area contributed by atoms with Gasteiger partial charge in [-0.3, -0.25) is 9.59 Å². The molecule has 1 heterocycles. The number of hydrogen-bond acceptors (Lipinski definition) is 4. The Bertz CT molecular complexity index is 405. The Balaban J connectivity index is 1.64. The quantitative estimate of drug-likeness (QED) is 0.736. The summed E-state index contributed by atoms with van der Waals surface area (Å²) < 4.78 is 10.8. The maximum absolute atomic E-state index is 11.9. The zero-order valence-electron chi connectivity index (χ0n) is 11.7. The second-order valence-electron chi connectivity index (χ2n) is 6.46. The first-order valence-electron chi connectivity index (χ1n) is 7.44. The van der Waals surface area contributed by atoms with Gasteiger partial charge in [-0.05, 0) is 43.9 Å². The third-order valence-corrected chi connectivity index (χ3v) is 5.51.